The van der Waals surface area contributed by atoms with E-state index in [0.717, 1.165) is 63.2 Å². The summed E-state index contributed by atoms with van der Waals surface area (Å²) in [4.78, 5) is 30.6. The van der Waals surface area contributed by atoms with Crippen molar-refractivity contribution in [1.82, 2.24) is 31.1 Å². The molecule has 8 heteroatoms. The van der Waals surface area contributed by atoms with Gasteiger partial charge >= 0.3 is 12.1 Å². The van der Waals surface area contributed by atoms with Gasteiger partial charge in [0, 0.05) is 49.3 Å². The maximum absolute atomic E-state index is 12.5. The van der Waals surface area contributed by atoms with E-state index in [1.54, 1.807) is 22.3 Å². The molecule has 2 aromatic rings. The largest absolute Gasteiger partial charge is 0.338 e. The van der Waals surface area contributed by atoms with Crippen molar-refractivity contribution >= 4 is 12.1 Å². The number of amides is 4. The monoisotopic (exact) mass is 709 g/mol. The van der Waals surface area contributed by atoms with E-state index in [-0.39, 0.29) is 12.1 Å². The normalized spacial score (nSPS) is 30.5. The van der Waals surface area contributed by atoms with Gasteiger partial charge in [-0.2, -0.15) is 0 Å². The Labute approximate surface area is 312 Å². The SMILES string of the molecule is O=C(NCCCCCCNC(=O)NC1CCC(CCN2C3CCC2c2ccccc23)CC1)NC1CCC(CCN2C3CCC2c2ccccc23)CC1. The quantitative estimate of drug-likeness (QED) is 0.139. The fourth-order valence-corrected chi connectivity index (χ4v) is 11.3. The molecule has 2 saturated heterocycles. The number of fused-ring (bicyclic) bond motifs is 10. The number of nitrogens with one attached hydrogen (secondary N) is 4. The lowest BCUT2D eigenvalue weighted by Gasteiger charge is -2.31. The van der Waals surface area contributed by atoms with Gasteiger partial charge in [-0.05, 0) is 150 Å². The first-order valence-corrected chi connectivity index (χ1v) is 21.4. The van der Waals surface area contributed by atoms with Crippen LogP contribution in [0.2, 0.25) is 0 Å². The average Bonchev–Trinajstić information content (AvgIpc) is 3.94. The van der Waals surface area contributed by atoms with Gasteiger partial charge in [0.25, 0.3) is 0 Å². The molecule has 0 spiro atoms. The molecule has 4 aliphatic heterocycles. The van der Waals surface area contributed by atoms with Gasteiger partial charge in [0.1, 0.15) is 0 Å². The maximum atomic E-state index is 12.5. The lowest BCUT2D eigenvalue weighted by molar-refractivity contribution is 0.185. The van der Waals surface area contributed by atoms with Crippen molar-refractivity contribution in [2.45, 2.75) is 152 Å². The fourth-order valence-electron chi connectivity index (χ4n) is 11.3. The van der Waals surface area contributed by atoms with Gasteiger partial charge in [-0.25, -0.2) is 9.59 Å². The molecule has 282 valence electrons. The first-order valence-electron chi connectivity index (χ1n) is 21.4. The Morgan fingerprint density at radius 3 is 1.17 bits per heavy atom. The number of unbranched alkanes of at least 4 members (excludes halogenated alkanes) is 3. The highest BCUT2D eigenvalue weighted by molar-refractivity contribution is 5.74. The van der Waals surface area contributed by atoms with Crippen molar-refractivity contribution in [3.8, 4) is 0 Å². The van der Waals surface area contributed by atoms with Gasteiger partial charge in [0.05, 0.1) is 0 Å². The van der Waals surface area contributed by atoms with Crippen molar-refractivity contribution in [3.63, 3.8) is 0 Å². The number of benzene rings is 2. The van der Waals surface area contributed by atoms with E-state index < -0.39 is 0 Å². The van der Waals surface area contributed by atoms with Gasteiger partial charge in [0.15, 0.2) is 0 Å². The highest BCUT2D eigenvalue weighted by Gasteiger charge is 2.44. The van der Waals surface area contributed by atoms with E-state index in [9.17, 15) is 9.59 Å². The number of nitrogens with zero attached hydrogens (tertiary/aromatic N) is 2. The van der Waals surface area contributed by atoms with Crippen LogP contribution in [0.1, 0.15) is 162 Å². The van der Waals surface area contributed by atoms with Crippen molar-refractivity contribution in [2.75, 3.05) is 26.2 Å². The van der Waals surface area contributed by atoms with Crippen LogP contribution < -0.4 is 21.3 Å². The van der Waals surface area contributed by atoms with Crippen LogP contribution in [0, 0.1) is 11.8 Å². The zero-order chi connectivity index (χ0) is 35.3. The van der Waals surface area contributed by atoms with Crippen molar-refractivity contribution < 1.29 is 9.59 Å². The second-order valence-corrected chi connectivity index (χ2v) is 17.2. The smallest absolute Gasteiger partial charge is 0.315 e. The summed E-state index contributed by atoms with van der Waals surface area (Å²) in [5.74, 6) is 1.57. The second-order valence-electron chi connectivity index (χ2n) is 17.2. The van der Waals surface area contributed by atoms with Crippen LogP contribution in [0.25, 0.3) is 0 Å². The topological polar surface area (TPSA) is 88.7 Å². The lowest BCUT2D eigenvalue weighted by Crippen LogP contribution is -2.44. The van der Waals surface area contributed by atoms with E-state index in [1.165, 1.54) is 77.3 Å². The van der Waals surface area contributed by atoms with E-state index in [2.05, 4.69) is 79.6 Å². The summed E-state index contributed by atoms with van der Waals surface area (Å²) in [6, 6.07) is 21.4. The van der Waals surface area contributed by atoms with Crippen LogP contribution in [0.5, 0.6) is 0 Å². The van der Waals surface area contributed by atoms with Crippen LogP contribution in [0.4, 0.5) is 9.59 Å². The second kappa shape index (κ2) is 16.9. The molecule has 4 atom stereocenters. The molecule has 6 aliphatic rings. The lowest BCUT2D eigenvalue weighted by atomic mass is 9.84. The molecular weight excluding hydrogens is 645 g/mol. The summed E-state index contributed by atoms with van der Waals surface area (Å²) < 4.78 is 0. The Balaban J connectivity index is 0.606. The fraction of sp³-hybridized carbons (Fsp3) is 0.682. The number of carbonyl (C=O) groups excluding carboxylic acids is 2. The summed E-state index contributed by atoms with van der Waals surface area (Å²) in [5, 5.41) is 12.6. The Hall–Kier alpha value is -3.10. The number of hydrogen-bond acceptors (Lipinski definition) is 4. The molecule has 0 aromatic heterocycles. The molecule has 4 bridgehead atoms. The molecule has 8 rings (SSSR count). The summed E-state index contributed by atoms with van der Waals surface area (Å²) in [5.41, 5.74) is 6.33. The third kappa shape index (κ3) is 8.18. The van der Waals surface area contributed by atoms with Gasteiger partial charge in [-0.3, -0.25) is 9.80 Å². The van der Waals surface area contributed by atoms with Gasteiger partial charge in [-0.1, -0.05) is 61.4 Å². The summed E-state index contributed by atoms with van der Waals surface area (Å²) in [7, 11) is 0. The van der Waals surface area contributed by atoms with E-state index in [1.807, 2.05) is 0 Å². The zero-order valence-electron chi connectivity index (χ0n) is 31.5. The molecule has 4 fully saturated rings. The van der Waals surface area contributed by atoms with Crippen molar-refractivity contribution in [2.24, 2.45) is 11.8 Å². The predicted molar refractivity (Wildman–Crippen MR) is 208 cm³/mol. The molecule has 2 saturated carbocycles. The molecule has 8 nitrogen and oxygen atoms in total. The highest BCUT2D eigenvalue weighted by Crippen LogP contribution is 2.54. The predicted octanol–water partition coefficient (Wildman–Crippen LogP) is 8.83. The summed E-state index contributed by atoms with van der Waals surface area (Å²) in [6.07, 6.45) is 21.2. The van der Waals surface area contributed by atoms with Gasteiger partial charge in [0.2, 0.25) is 0 Å². The van der Waals surface area contributed by atoms with E-state index in [0.29, 0.717) is 49.3 Å². The molecule has 4 unspecified atom stereocenters. The van der Waals surface area contributed by atoms with E-state index in [4.69, 9.17) is 0 Å². The molecule has 52 heavy (non-hydrogen) atoms. The Morgan fingerprint density at radius 2 is 0.827 bits per heavy atom. The number of carbonyl (C=O) groups is 2. The summed E-state index contributed by atoms with van der Waals surface area (Å²) >= 11 is 0. The molecule has 4 heterocycles. The summed E-state index contributed by atoms with van der Waals surface area (Å²) in [6.45, 7) is 3.86. The maximum Gasteiger partial charge on any atom is 0.315 e. The minimum Gasteiger partial charge on any atom is -0.338 e. The molecule has 2 aromatic carbocycles. The average molecular weight is 709 g/mol. The molecular formula is C44H64N6O2. The van der Waals surface area contributed by atoms with Crippen LogP contribution in [0.3, 0.4) is 0 Å². The minimum absolute atomic E-state index is 0.00769. The third-order valence-electron chi connectivity index (χ3n) is 14.1. The first-order chi connectivity index (χ1) is 25.6. The third-order valence-corrected chi connectivity index (χ3v) is 14.1. The number of urea groups is 2. The molecule has 0 radical (unpaired) electrons. The van der Waals surface area contributed by atoms with Crippen molar-refractivity contribution in [3.05, 3.63) is 70.8 Å². The van der Waals surface area contributed by atoms with Gasteiger partial charge < -0.3 is 21.3 Å². The first kappa shape index (κ1) is 35.9. The molecule has 4 amide bonds. The van der Waals surface area contributed by atoms with Crippen LogP contribution in [-0.4, -0.2) is 60.1 Å². The van der Waals surface area contributed by atoms with Crippen LogP contribution >= 0.6 is 0 Å². The standard InChI is InChI=1S/C44H64N6O2/c51-43(47-33-17-13-31(14-18-33)25-29-49-39-21-22-40(49)36-10-4-3-9-35(36)39)45-27-7-1-2-8-28-46-44(52)48-34-19-15-32(16-20-34)26-30-50-41-23-24-42(50)38-12-6-5-11-37(38)41/h3-6,9-12,31-34,39-42H,1-2,7-8,13-30H2,(H2,45,47,51)(H2,46,48,52). The molecule has 2 aliphatic carbocycles. The van der Waals surface area contributed by atoms with Crippen LogP contribution in [-0.2, 0) is 0 Å². The minimum atomic E-state index is -0.00769. The van der Waals surface area contributed by atoms with Crippen molar-refractivity contribution in [1.29, 1.82) is 0 Å². The van der Waals surface area contributed by atoms with Gasteiger partial charge in [-0.15, -0.1) is 0 Å². The Kier molecular flexibility index (Phi) is 11.7. The Morgan fingerprint density at radius 1 is 0.481 bits per heavy atom. The number of rotatable bonds is 15. The highest BCUT2D eigenvalue weighted by atomic mass is 16.2. The number of hydrogen-bond donors (Lipinski definition) is 4. The zero-order valence-corrected chi connectivity index (χ0v) is 31.5. The Bertz CT molecular complexity index is 1330. The van der Waals surface area contributed by atoms with Crippen LogP contribution in [0.15, 0.2) is 48.5 Å². The molecule has 4 N–H and O–H groups in total. The van der Waals surface area contributed by atoms with E-state index >= 15 is 0 Å².